The first-order valence-electron chi connectivity index (χ1n) is 21.6. The van der Waals surface area contributed by atoms with Crippen LogP contribution in [0.25, 0.3) is 0 Å². The van der Waals surface area contributed by atoms with Gasteiger partial charge in [0.05, 0.1) is 70.3 Å². The zero-order chi connectivity index (χ0) is 48.9. The number of cyclic esters (lactones) is 3. The molecule has 0 aromatic heterocycles. The van der Waals surface area contributed by atoms with Gasteiger partial charge in [0, 0.05) is 32.5 Å². The Morgan fingerprint density at radius 3 is 1.24 bits per heavy atom. The summed E-state index contributed by atoms with van der Waals surface area (Å²) in [5.74, 6) is -3.16. The van der Waals surface area contributed by atoms with E-state index in [4.69, 9.17) is 63.8 Å². The SMILES string of the molecule is CC.CCOCC(COCC)(COC(=O)CCCCCOC(=O)CO)COC(=O)CCCCCOC(=O)CO.O.O.O=C1CCCCCO1.O=C1COC(=O)CO1.OCC(CO)(CO)CO. The lowest BCUT2D eigenvalue weighted by Gasteiger charge is -2.32. The highest BCUT2D eigenvalue weighted by atomic mass is 16.6. The lowest BCUT2D eigenvalue weighted by Crippen LogP contribution is -2.43. The van der Waals surface area contributed by atoms with Gasteiger partial charge in [-0.05, 0) is 71.6 Å². The number of esters is 7. The van der Waals surface area contributed by atoms with Crippen LogP contribution < -0.4 is 0 Å². The van der Waals surface area contributed by atoms with E-state index in [-0.39, 0.29) is 82.6 Å². The summed E-state index contributed by atoms with van der Waals surface area (Å²) >= 11 is 0. The first-order valence-corrected chi connectivity index (χ1v) is 21.6. The van der Waals surface area contributed by atoms with E-state index in [9.17, 15) is 33.6 Å². The summed E-state index contributed by atoms with van der Waals surface area (Å²) in [6.45, 7) is 6.39. The first-order chi connectivity index (χ1) is 30.7. The average molecular weight is 969 g/mol. The van der Waals surface area contributed by atoms with E-state index in [1.807, 2.05) is 27.7 Å². The van der Waals surface area contributed by atoms with Gasteiger partial charge in [0.2, 0.25) is 0 Å². The molecule has 0 radical (unpaired) electrons. The molecule has 0 amide bonds. The number of rotatable bonds is 28. The van der Waals surface area contributed by atoms with E-state index in [1.165, 1.54) is 0 Å². The largest absolute Gasteiger partial charge is 0.466 e. The quantitative estimate of drug-likeness (QED) is 0.0306. The van der Waals surface area contributed by atoms with Crippen molar-refractivity contribution in [3.63, 3.8) is 0 Å². The molecule has 0 atom stereocenters. The molecule has 392 valence electrons. The highest BCUT2D eigenvalue weighted by Crippen LogP contribution is 2.22. The fourth-order valence-electron chi connectivity index (χ4n) is 4.53. The fourth-order valence-corrected chi connectivity index (χ4v) is 4.53. The molecule has 2 aliphatic heterocycles. The lowest BCUT2D eigenvalue weighted by atomic mass is 9.92. The molecule has 24 heteroatoms. The maximum absolute atomic E-state index is 12.3. The van der Waals surface area contributed by atoms with Crippen molar-refractivity contribution in [1.82, 2.24) is 0 Å². The Morgan fingerprint density at radius 1 is 0.500 bits per heavy atom. The van der Waals surface area contributed by atoms with Gasteiger partial charge in [-0.1, -0.05) is 13.8 Å². The minimum Gasteiger partial charge on any atom is -0.466 e. The van der Waals surface area contributed by atoms with Gasteiger partial charge in [0.15, 0.2) is 13.2 Å². The van der Waals surface area contributed by atoms with Gasteiger partial charge in [0.25, 0.3) is 0 Å². The second-order valence-corrected chi connectivity index (χ2v) is 14.0. The van der Waals surface area contributed by atoms with Crippen LogP contribution in [0.4, 0.5) is 0 Å². The molecule has 66 heavy (non-hydrogen) atoms. The number of aliphatic hydroxyl groups is 6. The van der Waals surface area contributed by atoms with Crippen molar-refractivity contribution >= 4 is 41.8 Å². The number of hydrogen-bond donors (Lipinski definition) is 6. The van der Waals surface area contributed by atoms with Crippen LogP contribution in [0.1, 0.15) is 105 Å². The Labute approximate surface area is 387 Å². The third-order valence-electron chi connectivity index (χ3n) is 8.47. The molecular formula is C42H80O24. The number of aliphatic hydroxyl groups excluding tert-OH is 6. The molecule has 2 aliphatic rings. The van der Waals surface area contributed by atoms with Gasteiger partial charge in [-0.3, -0.25) is 14.4 Å². The third-order valence-corrected chi connectivity index (χ3v) is 8.47. The van der Waals surface area contributed by atoms with Crippen LogP contribution in [0.3, 0.4) is 0 Å². The Balaban J connectivity index is -0.000000340. The average Bonchev–Trinajstić information content (AvgIpc) is 3.58. The van der Waals surface area contributed by atoms with Crippen molar-refractivity contribution in [3.05, 3.63) is 0 Å². The summed E-state index contributed by atoms with van der Waals surface area (Å²) in [4.78, 5) is 77.0. The molecule has 0 aliphatic carbocycles. The van der Waals surface area contributed by atoms with Crippen LogP contribution >= 0.6 is 0 Å². The Hall–Kier alpha value is -4.11. The minimum atomic E-state index is -1.11. The molecule has 2 rings (SSSR count). The Morgan fingerprint density at radius 2 is 0.909 bits per heavy atom. The maximum Gasteiger partial charge on any atom is 0.344 e. The Kier molecular flexibility index (Phi) is 52.4. The van der Waals surface area contributed by atoms with Gasteiger partial charge in [-0.2, -0.15) is 0 Å². The summed E-state index contributed by atoms with van der Waals surface area (Å²) in [5, 5.41) is 51.2. The molecule has 0 spiro atoms. The normalized spacial score (nSPS) is 13.0. The number of unbranched alkanes of at least 4 members (excludes halogenated alkanes) is 4. The standard InChI is InChI=1S/C25H44O12.C6H10O2.C5H12O4.C4H4O4.C2H6.2H2O/c1-3-32-17-25(18-33-4-2,19-36-21(28)11-7-5-9-13-34-23(30)15-26)20-37-22(29)12-8-6-10-14-35-24(31)16-27;7-6-4-2-1-3-5-8-6;6-1-5(2-7,3-8)4-9;5-3-1-7-4(6)2-8-3;1-2;;/h26-27H,3-20H2,1-2H3;1-5H2;6-9H,1-4H2;1-2H2;1-2H3;2*1H2. The van der Waals surface area contributed by atoms with Crippen LogP contribution in [0.5, 0.6) is 0 Å². The third kappa shape index (κ3) is 41.3. The zero-order valence-corrected chi connectivity index (χ0v) is 39.2. The van der Waals surface area contributed by atoms with Gasteiger partial charge < -0.3 is 84.2 Å². The van der Waals surface area contributed by atoms with Crippen LogP contribution in [-0.2, 0) is 76.2 Å². The molecule has 24 nitrogen and oxygen atoms in total. The molecule has 10 N–H and O–H groups in total. The molecule has 2 heterocycles. The number of hydrogen-bond acceptors (Lipinski definition) is 22. The maximum atomic E-state index is 12.3. The topological polar surface area (TPSA) is 387 Å². The molecule has 0 bridgehead atoms. The lowest BCUT2D eigenvalue weighted by molar-refractivity contribution is -0.174. The van der Waals surface area contributed by atoms with Crippen molar-refractivity contribution in [2.45, 2.75) is 105 Å². The van der Waals surface area contributed by atoms with Crippen LogP contribution in [0.15, 0.2) is 0 Å². The van der Waals surface area contributed by atoms with E-state index >= 15 is 0 Å². The molecule has 2 fully saturated rings. The van der Waals surface area contributed by atoms with Crippen LogP contribution in [0.2, 0.25) is 0 Å². The van der Waals surface area contributed by atoms with Gasteiger partial charge >= 0.3 is 41.8 Å². The number of ether oxygens (including phenoxy) is 9. The van der Waals surface area contributed by atoms with Crippen molar-refractivity contribution in [2.75, 3.05) is 112 Å². The van der Waals surface area contributed by atoms with Crippen molar-refractivity contribution in [2.24, 2.45) is 10.8 Å². The van der Waals surface area contributed by atoms with E-state index in [2.05, 4.69) is 9.47 Å². The minimum absolute atomic E-state index is 0. The fraction of sp³-hybridized carbons (Fsp3) is 0.833. The molecule has 2 saturated heterocycles. The second-order valence-electron chi connectivity index (χ2n) is 14.0. The van der Waals surface area contributed by atoms with E-state index in [0.717, 1.165) is 19.3 Å². The first kappa shape index (κ1) is 70.9. The molecule has 0 aromatic carbocycles. The van der Waals surface area contributed by atoms with E-state index in [0.29, 0.717) is 64.8 Å². The monoisotopic (exact) mass is 969 g/mol. The summed E-state index contributed by atoms with van der Waals surface area (Å²) < 4.78 is 45.0. The summed E-state index contributed by atoms with van der Waals surface area (Å²) in [7, 11) is 0. The smallest absolute Gasteiger partial charge is 0.344 e. The molecule has 0 aromatic rings. The predicted octanol–water partition coefficient (Wildman–Crippen LogP) is -1.17. The van der Waals surface area contributed by atoms with Crippen LogP contribution in [-0.4, -0.2) is 196 Å². The van der Waals surface area contributed by atoms with Gasteiger partial charge in [-0.15, -0.1) is 0 Å². The van der Waals surface area contributed by atoms with Gasteiger partial charge in [-0.25, -0.2) is 19.2 Å². The number of carbonyl (C=O) groups excluding carboxylic acids is 7. The van der Waals surface area contributed by atoms with Crippen molar-refractivity contribution in [1.29, 1.82) is 0 Å². The summed E-state index contributed by atoms with van der Waals surface area (Å²) in [5.41, 5.74) is -1.96. The summed E-state index contributed by atoms with van der Waals surface area (Å²) in [6.07, 6.45) is 7.73. The molecular weight excluding hydrogens is 888 g/mol. The highest BCUT2D eigenvalue weighted by molar-refractivity contribution is 5.82. The van der Waals surface area contributed by atoms with E-state index < -0.39 is 86.3 Å². The molecule has 0 saturated carbocycles. The van der Waals surface area contributed by atoms with Gasteiger partial charge in [0.1, 0.15) is 26.4 Å². The van der Waals surface area contributed by atoms with Crippen molar-refractivity contribution < 1.29 is 118 Å². The zero-order valence-electron chi connectivity index (χ0n) is 39.2. The summed E-state index contributed by atoms with van der Waals surface area (Å²) in [6, 6.07) is 0. The van der Waals surface area contributed by atoms with Crippen molar-refractivity contribution in [3.8, 4) is 0 Å². The van der Waals surface area contributed by atoms with Crippen LogP contribution in [0, 0.1) is 10.8 Å². The predicted molar refractivity (Wildman–Crippen MR) is 231 cm³/mol. The number of carbonyl (C=O) groups is 7. The Bertz CT molecular complexity index is 1120. The highest BCUT2D eigenvalue weighted by Gasteiger charge is 2.35. The van der Waals surface area contributed by atoms with E-state index in [1.54, 1.807) is 0 Å². The molecule has 0 unspecified atom stereocenters. The second kappa shape index (κ2) is 48.8.